The monoisotopic (exact) mass is 460 g/mol. The Kier molecular flexibility index (Phi) is 4.77. The smallest absolute Gasteiger partial charge is 0.196 e. The fourth-order valence-corrected chi connectivity index (χ4v) is 8.25. The van der Waals surface area contributed by atoms with E-state index in [-0.39, 0.29) is 24.0 Å². The van der Waals surface area contributed by atoms with Crippen molar-refractivity contribution in [2.45, 2.75) is 49.5 Å². The molecule has 8 atom stereocenters. The molecule has 4 rings (SSSR count). The van der Waals surface area contributed by atoms with Gasteiger partial charge in [0.15, 0.2) is 18.2 Å². The van der Waals surface area contributed by atoms with Crippen LogP contribution in [0.3, 0.4) is 0 Å². The number of aliphatic hydroxyl groups is 1. The molecule has 4 aliphatic carbocycles. The summed E-state index contributed by atoms with van der Waals surface area (Å²) < 4.78 is 13.4. The van der Waals surface area contributed by atoms with Gasteiger partial charge in [-0.25, -0.2) is 4.39 Å². The Morgan fingerprint density at radius 3 is 2.66 bits per heavy atom. The largest absolute Gasteiger partial charge is 0.381 e. The van der Waals surface area contributed by atoms with Crippen LogP contribution in [0.1, 0.15) is 33.6 Å². The molecule has 0 spiro atoms. The number of hydrogen-bond acceptors (Lipinski definition) is 3. The predicted octanol–water partition coefficient (Wildman–Crippen LogP) is 4.73. The molecule has 3 nitrogen and oxygen atoms in total. The second-order valence-electron chi connectivity index (χ2n) is 9.46. The Morgan fingerprint density at radius 2 is 2.03 bits per heavy atom. The van der Waals surface area contributed by atoms with Gasteiger partial charge in [0, 0.05) is 21.8 Å². The maximum atomic E-state index is 13.4. The van der Waals surface area contributed by atoms with E-state index in [1.165, 1.54) is 12.2 Å². The number of carbonyl (C=O) groups excluding carboxylic acids is 2. The maximum Gasteiger partial charge on any atom is 0.196 e. The van der Waals surface area contributed by atoms with Gasteiger partial charge in [0.25, 0.3) is 0 Å². The molecule has 0 bridgehead atoms. The molecule has 0 radical (unpaired) electrons. The van der Waals surface area contributed by atoms with E-state index >= 15 is 0 Å². The van der Waals surface area contributed by atoms with Crippen molar-refractivity contribution in [1.29, 1.82) is 0 Å². The molecule has 2 fully saturated rings. The third-order valence-electron chi connectivity index (χ3n) is 8.34. The molecule has 158 valence electrons. The van der Waals surface area contributed by atoms with Gasteiger partial charge in [-0.05, 0) is 42.4 Å². The van der Waals surface area contributed by atoms with E-state index in [0.717, 1.165) is 0 Å². The van der Waals surface area contributed by atoms with Gasteiger partial charge < -0.3 is 5.11 Å². The van der Waals surface area contributed by atoms with Gasteiger partial charge in [-0.3, -0.25) is 9.59 Å². The SMILES string of the molecule is CC1C[C@H]2[C@@H]3C=C(Cl)C4=CC(=O)C=C[C@]4(C)[C@@]3(Cl)C(Cl)C[C@]2(C)[C@@]1(O)C(=O)CF. The van der Waals surface area contributed by atoms with Gasteiger partial charge in [0.05, 0.1) is 10.3 Å². The van der Waals surface area contributed by atoms with Gasteiger partial charge in [-0.2, -0.15) is 0 Å². The van der Waals surface area contributed by atoms with Crippen LogP contribution in [-0.4, -0.2) is 39.2 Å². The summed E-state index contributed by atoms with van der Waals surface area (Å²) in [6, 6.07) is 0. The quantitative estimate of drug-likeness (QED) is 0.605. The topological polar surface area (TPSA) is 54.4 Å². The first-order chi connectivity index (χ1) is 13.4. The number of halogens is 4. The standard InChI is InChI=1S/C22H24Cl3FO3/c1-11-6-13-14-8-16(23)15-7-12(27)4-5-19(15,2)21(14,25)17(24)9-20(13,3)22(11,29)18(28)10-26/h4-5,7-8,11,13-14,17,29H,6,9-10H2,1-3H3/t11?,13-,14-,17?,19-,20-,21-,22-/m0/s1. The lowest BCUT2D eigenvalue weighted by atomic mass is 9.48. The van der Waals surface area contributed by atoms with E-state index in [4.69, 9.17) is 34.8 Å². The first kappa shape index (κ1) is 21.5. The summed E-state index contributed by atoms with van der Waals surface area (Å²) in [6.45, 7) is 4.29. The molecule has 0 aliphatic heterocycles. The number of fused-ring (bicyclic) bond motifs is 5. The molecule has 4 aliphatic rings. The zero-order valence-electron chi connectivity index (χ0n) is 16.5. The van der Waals surface area contributed by atoms with Crippen molar-refractivity contribution < 1.29 is 19.1 Å². The first-order valence-corrected chi connectivity index (χ1v) is 11.0. The zero-order valence-corrected chi connectivity index (χ0v) is 18.8. The predicted molar refractivity (Wildman–Crippen MR) is 112 cm³/mol. The Labute approximate surface area is 185 Å². The zero-order chi connectivity index (χ0) is 21.6. The molecule has 0 aromatic heterocycles. The van der Waals surface area contributed by atoms with Crippen LogP contribution in [-0.2, 0) is 9.59 Å². The number of ketones is 2. The third kappa shape index (κ3) is 2.35. The van der Waals surface area contributed by atoms with Gasteiger partial charge in [-0.15, -0.1) is 23.2 Å². The minimum Gasteiger partial charge on any atom is -0.381 e. The van der Waals surface area contributed by atoms with Crippen molar-refractivity contribution in [3.8, 4) is 0 Å². The average Bonchev–Trinajstić information content (AvgIpc) is 2.86. The molecule has 0 heterocycles. The van der Waals surface area contributed by atoms with Crippen molar-refractivity contribution >= 4 is 46.4 Å². The Hall–Kier alpha value is -0.680. The van der Waals surface area contributed by atoms with Crippen LogP contribution in [0.4, 0.5) is 4.39 Å². The molecule has 0 amide bonds. The van der Waals surface area contributed by atoms with Crippen molar-refractivity contribution in [2.24, 2.45) is 28.6 Å². The van der Waals surface area contributed by atoms with Crippen LogP contribution in [0.25, 0.3) is 0 Å². The van der Waals surface area contributed by atoms with E-state index < -0.39 is 45.1 Å². The van der Waals surface area contributed by atoms with Gasteiger partial charge in [0.2, 0.25) is 0 Å². The van der Waals surface area contributed by atoms with Crippen molar-refractivity contribution in [2.75, 3.05) is 6.67 Å². The minimum atomic E-state index is -1.81. The third-order valence-corrected chi connectivity index (χ3v) is 10.2. The lowest BCUT2D eigenvalue weighted by molar-refractivity contribution is -0.163. The summed E-state index contributed by atoms with van der Waals surface area (Å²) in [6.07, 6.45) is 7.33. The maximum absolute atomic E-state index is 13.4. The van der Waals surface area contributed by atoms with Crippen LogP contribution >= 0.6 is 34.8 Å². The van der Waals surface area contributed by atoms with Crippen LogP contribution < -0.4 is 0 Å². The lowest BCUT2D eigenvalue weighted by Crippen LogP contribution is -2.67. The highest BCUT2D eigenvalue weighted by Crippen LogP contribution is 2.71. The molecule has 0 aromatic carbocycles. The minimum absolute atomic E-state index is 0.160. The van der Waals surface area contributed by atoms with Crippen molar-refractivity contribution in [1.82, 2.24) is 0 Å². The van der Waals surface area contributed by atoms with Crippen molar-refractivity contribution in [3.63, 3.8) is 0 Å². The molecule has 2 saturated carbocycles. The lowest BCUT2D eigenvalue weighted by Gasteiger charge is -2.62. The van der Waals surface area contributed by atoms with Gasteiger partial charge in [-0.1, -0.05) is 44.5 Å². The van der Waals surface area contributed by atoms with Gasteiger partial charge in [0.1, 0.15) is 5.60 Å². The number of rotatable bonds is 2. The second kappa shape index (κ2) is 6.41. The van der Waals surface area contributed by atoms with E-state index in [9.17, 15) is 19.1 Å². The Bertz CT molecular complexity index is 898. The van der Waals surface area contributed by atoms with Crippen LogP contribution in [0, 0.1) is 28.6 Å². The summed E-state index contributed by atoms with van der Waals surface area (Å²) >= 11 is 20.9. The summed E-state index contributed by atoms with van der Waals surface area (Å²) in [5.41, 5.74) is -2.91. The van der Waals surface area contributed by atoms with E-state index in [1.54, 1.807) is 13.0 Å². The second-order valence-corrected chi connectivity index (χ2v) is 11.0. The molecular formula is C22H24Cl3FO3. The molecule has 1 N–H and O–H groups in total. The molecule has 0 aromatic rings. The summed E-state index contributed by atoms with van der Waals surface area (Å²) in [5, 5.41) is 11.2. The van der Waals surface area contributed by atoms with Crippen LogP contribution in [0.2, 0.25) is 0 Å². The fourth-order valence-electron chi connectivity index (χ4n) is 6.71. The number of Topliss-reactive ketones (excluding diaryl/α,β-unsaturated/α-hetero) is 1. The normalized spacial score (nSPS) is 51.0. The van der Waals surface area contributed by atoms with E-state index in [2.05, 4.69) is 0 Å². The highest BCUT2D eigenvalue weighted by molar-refractivity contribution is 6.36. The average molecular weight is 462 g/mol. The van der Waals surface area contributed by atoms with E-state index in [1.807, 2.05) is 19.9 Å². The van der Waals surface area contributed by atoms with E-state index in [0.29, 0.717) is 17.0 Å². The summed E-state index contributed by atoms with van der Waals surface area (Å²) in [7, 11) is 0. The molecule has 2 unspecified atom stereocenters. The summed E-state index contributed by atoms with van der Waals surface area (Å²) in [5.74, 6) is -1.98. The van der Waals surface area contributed by atoms with Crippen LogP contribution in [0.5, 0.6) is 0 Å². The Balaban J connectivity index is 1.93. The van der Waals surface area contributed by atoms with Crippen molar-refractivity contribution in [3.05, 3.63) is 34.9 Å². The number of allylic oxidation sites excluding steroid dienone is 6. The fraction of sp³-hybridized carbons (Fsp3) is 0.636. The summed E-state index contributed by atoms with van der Waals surface area (Å²) in [4.78, 5) is 23.5. The molecule has 7 heteroatoms. The number of carbonyl (C=O) groups is 2. The molecular weight excluding hydrogens is 438 g/mol. The van der Waals surface area contributed by atoms with Crippen LogP contribution in [0.15, 0.2) is 34.9 Å². The number of hydrogen-bond donors (Lipinski definition) is 1. The first-order valence-electron chi connectivity index (χ1n) is 9.85. The highest BCUT2D eigenvalue weighted by atomic mass is 35.5. The highest BCUT2D eigenvalue weighted by Gasteiger charge is 2.74. The number of alkyl halides is 3. The Morgan fingerprint density at radius 1 is 1.38 bits per heavy atom. The molecule has 0 saturated heterocycles. The van der Waals surface area contributed by atoms with Gasteiger partial charge >= 0.3 is 0 Å². The molecule has 29 heavy (non-hydrogen) atoms.